The number of hydrogen-bond donors (Lipinski definition) is 1. The van der Waals surface area contributed by atoms with Gasteiger partial charge in [0.1, 0.15) is 11.8 Å². The molecule has 2 fully saturated rings. The largest absolute Gasteiger partial charge is 0.468 e. The van der Waals surface area contributed by atoms with E-state index in [-0.39, 0.29) is 12.0 Å². The van der Waals surface area contributed by atoms with Crippen molar-refractivity contribution < 1.29 is 14.3 Å². The third-order valence-corrected chi connectivity index (χ3v) is 3.92. The first kappa shape index (κ1) is 11.6. The van der Waals surface area contributed by atoms with Gasteiger partial charge in [0.05, 0.1) is 7.11 Å². The van der Waals surface area contributed by atoms with Crippen molar-refractivity contribution in [3.63, 3.8) is 0 Å². The number of hydrogen-bond acceptors (Lipinski definition) is 4. The van der Waals surface area contributed by atoms with Gasteiger partial charge in [0.25, 0.3) is 0 Å². The maximum Gasteiger partial charge on any atom is 0.323 e. The third kappa shape index (κ3) is 2.26. The van der Waals surface area contributed by atoms with Gasteiger partial charge >= 0.3 is 5.97 Å². The van der Waals surface area contributed by atoms with Crippen LogP contribution in [-0.4, -0.2) is 31.4 Å². The zero-order valence-corrected chi connectivity index (χ0v) is 9.70. The Morgan fingerprint density at radius 3 is 2.62 bits per heavy atom. The maximum atomic E-state index is 11.6. The number of methoxy groups -OCH3 is 1. The second-order valence-electron chi connectivity index (χ2n) is 4.78. The number of esters is 1. The van der Waals surface area contributed by atoms with Gasteiger partial charge in [-0.1, -0.05) is 0 Å². The Hall–Kier alpha value is -0.900. The average Bonchev–Trinajstić information content (AvgIpc) is 2.78. The molecule has 1 heterocycles. The maximum absolute atomic E-state index is 11.6. The summed E-state index contributed by atoms with van der Waals surface area (Å²) in [5.41, 5.74) is 0. The molecular weight excluding hydrogens is 206 g/mol. The molecule has 0 aromatic rings. The Labute approximate surface area is 95.7 Å². The summed E-state index contributed by atoms with van der Waals surface area (Å²) in [5, 5.41) is 3.21. The number of ether oxygens (including phenoxy) is 1. The molecular formula is C12H19NO3. The van der Waals surface area contributed by atoms with Crippen LogP contribution in [0.5, 0.6) is 0 Å². The van der Waals surface area contributed by atoms with Crippen molar-refractivity contribution in [1.29, 1.82) is 0 Å². The van der Waals surface area contributed by atoms with E-state index in [1.807, 2.05) is 0 Å². The summed E-state index contributed by atoms with van der Waals surface area (Å²) in [6, 6.07) is -0.150. The Bertz CT molecular complexity index is 280. The fourth-order valence-electron chi connectivity index (χ4n) is 3.01. The van der Waals surface area contributed by atoms with Crippen LogP contribution in [0.3, 0.4) is 0 Å². The molecule has 0 spiro atoms. The Morgan fingerprint density at radius 1 is 1.31 bits per heavy atom. The van der Waals surface area contributed by atoms with E-state index >= 15 is 0 Å². The van der Waals surface area contributed by atoms with E-state index in [1.165, 1.54) is 7.11 Å². The molecule has 0 radical (unpaired) electrons. The van der Waals surface area contributed by atoms with Crippen LogP contribution in [0.15, 0.2) is 0 Å². The van der Waals surface area contributed by atoms with Crippen molar-refractivity contribution in [3.8, 4) is 0 Å². The lowest BCUT2D eigenvalue weighted by Crippen LogP contribution is -2.40. The monoisotopic (exact) mass is 225 g/mol. The normalized spacial score (nSPS) is 31.7. The van der Waals surface area contributed by atoms with Crippen molar-refractivity contribution in [2.24, 2.45) is 11.8 Å². The molecule has 90 valence electrons. The zero-order chi connectivity index (χ0) is 11.5. The van der Waals surface area contributed by atoms with Gasteiger partial charge < -0.3 is 10.1 Å². The van der Waals surface area contributed by atoms with Crippen LogP contribution in [0.2, 0.25) is 0 Å². The molecule has 0 aromatic carbocycles. The fraction of sp³-hybridized carbons (Fsp3) is 0.833. The lowest BCUT2D eigenvalue weighted by Gasteiger charge is -2.29. The molecule has 1 aliphatic carbocycles. The van der Waals surface area contributed by atoms with Crippen LogP contribution in [-0.2, 0) is 14.3 Å². The number of rotatable bonds is 2. The first-order valence-electron chi connectivity index (χ1n) is 6.05. The van der Waals surface area contributed by atoms with Gasteiger partial charge in [-0.25, -0.2) is 0 Å². The number of carbonyl (C=O) groups is 2. The summed E-state index contributed by atoms with van der Waals surface area (Å²) >= 11 is 0. The van der Waals surface area contributed by atoms with E-state index in [4.69, 9.17) is 4.74 Å². The molecule has 0 bridgehead atoms. The van der Waals surface area contributed by atoms with Crippen LogP contribution >= 0.6 is 0 Å². The molecule has 0 unspecified atom stereocenters. The number of nitrogens with one attached hydrogen (secondary N) is 1. The van der Waals surface area contributed by atoms with Crippen LogP contribution in [0.25, 0.3) is 0 Å². The molecule has 4 nitrogen and oxygen atoms in total. The molecule has 2 aliphatic rings. The molecule has 1 N–H and O–H groups in total. The van der Waals surface area contributed by atoms with Gasteiger partial charge in [-0.3, -0.25) is 9.59 Å². The van der Waals surface area contributed by atoms with Gasteiger partial charge in [-0.15, -0.1) is 0 Å². The second kappa shape index (κ2) is 4.95. The predicted octanol–water partition coefficient (Wildman–Crippen LogP) is 0.897. The van der Waals surface area contributed by atoms with E-state index in [1.54, 1.807) is 0 Å². The van der Waals surface area contributed by atoms with Gasteiger partial charge in [0, 0.05) is 12.8 Å². The SMILES string of the molecule is COC(=O)[C@@H]1NCC[C@@H]1C1CCC(=O)CC1. The van der Waals surface area contributed by atoms with Crippen LogP contribution < -0.4 is 5.32 Å². The first-order chi connectivity index (χ1) is 7.72. The number of carbonyl (C=O) groups excluding carboxylic acids is 2. The second-order valence-corrected chi connectivity index (χ2v) is 4.78. The molecule has 4 heteroatoms. The van der Waals surface area contributed by atoms with Crippen molar-refractivity contribution >= 4 is 11.8 Å². The summed E-state index contributed by atoms with van der Waals surface area (Å²) in [6.07, 6.45) is 4.29. The minimum atomic E-state index is -0.153. The quantitative estimate of drug-likeness (QED) is 0.709. The summed E-state index contributed by atoms with van der Waals surface area (Å²) in [4.78, 5) is 22.8. The van der Waals surface area contributed by atoms with E-state index in [2.05, 4.69) is 5.32 Å². The standard InChI is InChI=1S/C12H19NO3/c1-16-12(15)11-10(6-7-13-11)8-2-4-9(14)5-3-8/h8,10-11,13H,2-7H2,1H3/t10-,11-/m1/s1. The van der Waals surface area contributed by atoms with Gasteiger partial charge in [-0.2, -0.15) is 0 Å². The van der Waals surface area contributed by atoms with Crippen LogP contribution in [0, 0.1) is 11.8 Å². The van der Waals surface area contributed by atoms with Crippen molar-refractivity contribution in [3.05, 3.63) is 0 Å². The highest BCUT2D eigenvalue weighted by Crippen LogP contribution is 2.34. The summed E-state index contributed by atoms with van der Waals surface area (Å²) in [7, 11) is 1.43. The highest BCUT2D eigenvalue weighted by molar-refractivity contribution is 5.79. The van der Waals surface area contributed by atoms with Gasteiger partial charge in [0.2, 0.25) is 0 Å². The average molecular weight is 225 g/mol. The minimum Gasteiger partial charge on any atom is -0.468 e. The molecule has 1 saturated heterocycles. The molecule has 1 saturated carbocycles. The fourth-order valence-corrected chi connectivity index (χ4v) is 3.01. The van der Waals surface area contributed by atoms with Gasteiger partial charge in [0.15, 0.2) is 0 Å². The van der Waals surface area contributed by atoms with Crippen LogP contribution in [0.1, 0.15) is 32.1 Å². The Morgan fingerprint density at radius 2 is 2.00 bits per heavy atom. The highest BCUT2D eigenvalue weighted by atomic mass is 16.5. The minimum absolute atomic E-state index is 0.150. The third-order valence-electron chi connectivity index (χ3n) is 3.92. The van der Waals surface area contributed by atoms with Gasteiger partial charge in [-0.05, 0) is 37.6 Å². The number of Topliss-reactive ketones (excluding diaryl/α,β-unsaturated/α-hetero) is 1. The Balaban J connectivity index is 1.97. The Kier molecular flexibility index (Phi) is 3.59. The van der Waals surface area contributed by atoms with E-state index in [0.717, 1.165) is 25.8 Å². The van der Waals surface area contributed by atoms with Crippen molar-refractivity contribution in [2.75, 3.05) is 13.7 Å². The molecule has 0 aromatic heterocycles. The molecule has 2 rings (SSSR count). The lowest BCUT2D eigenvalue weighted by atomic mass is 9.76. The molecule has 1 aliphatic heterocycles. The van der Waals surface area contributed by atoms with E-state index in [0.29, 0.717) is 30.5 Å². The summed E-state index contributed by atoms with van der Waals surface area (Å²) in [5.74, 6) is 1.09. The number of ketones is 1. The molecule has 2 atom stereocenters. The van der Waals surface area contributed by atoms with E-state index in [9.17, 15) is 9.59 Å². The first-order valence-corrected chi connectivity index (χ1v) is 6.05. The molecule has 16 heavy (non-hydrogen) atoms. The lowest BCUT2D eigenvalue weighted by molar-refractivity contribution is -0.144. The summed E-state index contributed by atoms with van der Waals surface area (Å²) < 4.78 is 4.81. The van der Waals surface area contributed by atoms with Crippen molar-refractivity contribution in [1.82, 2.24) is 5.32 Å². The topological polar surface area (TPSA) is 55.4 Å². The molecule has 0 amide bonds. The zero-order valence-electron chi connectivity index (χ0n) is 9.70. The summed E-state index contributed by atoms with van der Waals surface area (Å²) in [6.45, 7) is 0.884. The van der Waals surface area contributed by atoms with E-state index < -0.39 is 0 Å². The van der Waals surface area contributed by atoms with Crippen molar-refractivity contribution in [2.45, 2.75) is 38.1 Å². The highest BCUT2D eigenvalue weighted by Gasteiger charge is 2.39. The van der Waals surface area contributed by atoms with Crippen LogP contribution in [0.4, 0.5) is 0 Å². The predicted molar refractivity (Wildman–Crippen MR) is 58.9 cm³/mol. The smallest absolute Gasteiger partial charge is 0.323 e.